The number of hydrogen-bond acceptors (Lipinski definition) is 3. The molecule has 2 N–H and O–H groups in total. The molecule has 0 saturated carbocycles. The van der Waals surface area contributed by atoms with Gasteiger partial charge in [-0.05, 0) is 24.6 Å². The second-order valence-electron chi connectivity index (χ2n) is 5.88. The monoisotopic (exact) mass is 346 g/mol. The highest BCUT2D eigenvalue weighted by Crippen LogP contribution is 2.36. The third-order valence-electron chi connectivity index (χ3n) is 4.41. The van der Waals surface area contributed by atoms with Crippen LogP contribution < -0.4 is 10.6 Å². The zero-order valence-corrected chi connectivity index (χ0v) is 14.0. The van der Waals surface area contributed by atoms with Gasteiger partial charge in [-0.3, -0.25) is 14.5 Å². The molecule has 7 nitrogen and oxygen atoms in total. The number of rotatable bonds is 4. The zero-order chi connectivity index (χ0) is 18.1. The van der Waals surface area contributed by atoms with Crippen molar-refractivity contribution in [2.75, 3.05) is 26.7 Å². The van der Waals surface area contributed by atoms with Crippen LogP contribution >= 0.6 is 0 Å². The molecule has 4 amide bonds. The van der Waals surface area contributed by atoms with Gasteiger partial charge in [0.2, 0.25) is 5.91 Å². The normalized spacial score (nSPS) is 19.9. The molecule has 1 aromatic rings. The predicted octanol–water partition coefficient (Wildman–Crippen LogP) is 0.754. The maximum absolute atomic E-state index is 13.6. The minimum absolute atomic E-state index is 0.0933. The molecule has 0 saturated heterocycles. The highest BCUT2D eigenvalue weighted by Gasteiger charge is 2.43. The lowest BCUT2D eigenvalue weighted by atomic mass is 9.95. The van der Waals surface area contributed by atoms with Crippen LogP contribution in [-0.4, -0.2) is 54.3 Å². The van der Waals surface area contributed by atoms with Crippen molar-refractivity contribution in [2.45, 2.75) is 13.0 Å². The average molecular weight is 346 g/mol. The highest BCUT2D eigenvalue weighted by atomic mass is 19.1. The van der Waals surface area contributed by atoms with Crippen molar-refractivity contribution >= 4 is 17.8 Å². The number of nitrogens with one attached hydrogen (secondary N) is 2. The number of benzene rings is 1. The Hall–Kier alpha value is -2.90. The first-order valence-electron chi connectivity index (χ1n) is 8.02. The number of nitrogens with zero attached hydrogens (tertiary/aromatic N) is 2. The van der Waals surface area contributed by atoms with E-state index < -0.39 is 11.9 Å². The Balaban J connectivity index is 2.01. The SMILES string of the molecule is CCN1C(=O)N[C@@H](c2cccc(F)c2)C2=C1CN(CC(=O)NC)C2=O. The summed E-state index contributed by atoms with van der Waals surface area (Å²) in [6.07, 6.45) is 0. The average Bonchev–Trinajstić information content (AvgIpc) is 2.90. The van der Waals surface area contributed by atoms with E-state index >= 15 is 0 Å². The number of amides is 4. The molecule has 0 spiro atoms. The van der Waals surface area contributed by atoms with Crippen LogP contribution in [0.4, 0.5) is 9.18 Å². The number of hydrogen-bond donors (Lipinski definition) is 2. The fourth-order valence-corrected chi connectivity index (χ4v) is 3.20. The molecule has 8 heteroatoms. The van der Waals surface area contributed by atoms with Crippen molar-refractivity contribution in [3.8, 4) is 0 Å². The number of halogens is 1. The minimum Gasteiger partial charge on any atom is -0.358 e. The third-order valence-corrected chi connectivity index (χ3v) is 4.41. The van der Waals surface area contributed by atoms with Gasteiger partial charge in [0.25, 0.3) is 5.91 Å². The van der Waals surface area contributed by atoms with Gasteiger partial charge in [-0.25, -0.2) is 9.18 Å². The van der Waals surface area contributed by atoms with Crippen molar-refractivity contribution in [1.82, 2.24) is 20.4 Å². The van der Waals surface area contributed by atoms with Crippen LogP contribution in [0.2, 0.25) is 0 Å². The van der Waals surface area contributed by atoms with Crippen LogP contribution in [0, 0.1) is 5.82 Å². The Labute approximate surface area is 144 Å². The van der Waals surface area contributed by atoms with E-state index in [4.69, 9.17) is 0 Å². The summed E-state index contributed by atoms with van der Waals surface area (Å²) in [5.74, 6) is -1.07. The molecule has 0 bridgehead atoms. The van der Waals surface area contributed by atoms with Crippen LogP contribution in [0.1, 0.15) is 18.5 Å². The van der Waals surface area contributed by atoms with Crippen molar-refractivity contribution in [1.29, 1.82) is 0 Å². The Morgan fingerprint density at radius 1 is 1.40 bits per heavy atom. The fraction of sp³-hybridized carbons (Fsp3) is 0.353. The molecule has 0 aromatic heterocycles. The molecule has 0 aliphatic carbocycles. The van der Waals surface area contributed by atoms with E-state index in [9.17, 15) is 18.8 Å². The Morgan fingerprint density at radius 2 is 2.16 bits per heavy atom. The van der Waals surface area contributed by atoms with Gasteiger partial charge in [0.05, 0.1) is 23.9 Å². The van der Waals surface area contributed by atoms with Crippen molar-refractivity contribution in [3.05, 3.63) is 46.9 Å². The summed E-state index contributed by atoms with van der Waals surface area (Å²) < 4.78 is 13.6. The maximum atomic E-state index is 13.6. The topological polar surface area (TPSA) is 81.8 Å². The molecular weight excluding hydrogens is 327 g/mol. The van der Waals surface area contributed by atoms with Gasteiger partial charge in [-0.1, -0.05) is 12.1 Å². The smallest absolute Gasteiger partial charge is 0.322 e. The van der Waals surface area contributed by atoms with E-state index in [1.54, 1.807) is 13.0 Å². The van der Waals surface area contributed by atoms with Gasteiger partial charge in [-0.2, -0.15) is 0 Å². The van der Waals surface area contributed by atoms with Crippen molar-refractivity contribution in [3.63, 3.8) is 0 Å². The van der Waals surface area contributed by atoms with Crippen molar-refractivity contribution in [2.24, 2.45) is 0 Å². The molecule has 0 fully saturated rings. The molecule has 2 heterocycles. The second-order valence-corrected chi connectivity index (χ2v) is 5.88. The van der Waals surface area contributed by atoms with E-state index in [0.29, 0.717) is 23.4 Å². The maximum Gasteiger partial charge on any atom is 0.322 e. The van der Waals surface area contributed by atoms with Crippen molar-refractivity contribution < 1.29 is 18.8 Å². The lowest BCUT2D eigenvalue weighted by molar-refractivity contribution is -0.131. The first-order valence-corrected chi connectivity index (χ1v) is 8.02. The third kappa shape index (κ3) is 2.95. The largest absolute Gasteiger partial charge is 0.358 e. The molecule has 2 aliphatic rings. The summed E-state index contributed by atoms with van der Waals surface area (Å²) >= 11 is 0. The lowest BCUT2D eigenvalue weighted by Crippen LogP contribution is -2.47. The Bertz CT molecular complexity index is 777. The standard InChI is InChI=1S/C17H19FN4O3/c1-3-22-12-8-21(9-13(23)19-2)16(24)14(12)15(20-17(22)25)10-5-4-6-11(18)7-10/h4-7,15H,3,8-9H2,1-2H3,(H,19,23)(H,20,25)/t15-/m0/s1. The molecule has 1 atom stereocenters. The molecule has 2 aliphatic heterocycles. The minimum atomic E-state index is -0.733. The lowest BCUT2D eigenvalue weighted by Gasteiger charge is -2.32. The highest BCUT2D eigenvalue weighted by molar-refractivity contribution is 6.02. The predicted molar refractivity (Wildman–Crippen MR) is 87.7 cm³/mol. The molecule has 0 radical (unpaired) electrons. The van der Waals surface area contributed by atoms with Gasteiger partial charge >= 0.3 is 6.03 Å². The van der Waals surface area contributed by atoms with Gasteiger partial charge in [0, 0.05) is 13.6 Å². The zero-order valence-electron chi connectivity index (χ0n) is 14.0. The number of carbonyl (C=O) groups is 3. The van der Waals surface area contributed by atoms with Gasteiger partial charge < -0.3 is 15.5 Å². The Kier molecular flexibility index (Phi) is 4.43. The quantitative estimate of drug-likeness (QED) is 0.844. The van der Waals surface area contributed by atoms with Gasteiger partial charge in [0.15, 0.2) is 0 Å². The van der Waals surface area contributed by atoms with Gasteiger partial charge in [-0.15, -0.1) is 0 Å². The van der Waals surface area contributed by atoms with Crippen LogP contribution in [0.15, 0.2) is 35.5 Å². The van der Waals surface area contributed by atoms with Gasteiger partial charge in [0.1, 0.15) is 12.4 Å². The summed E-state index contributed by atoms with van der Waals surface area (Å²) in [5, 5.41) is 5.25. The molecular formula is C17H19FN4O3. The number of carbonyl (C=O) groups excluding carboxylic acids is 3. The first-order chi connectivity index (χ1) is 12.0. The Morgan fingerprint density at radius 3 is 2.80 bits per heavy atom. The van der Waals surface area contributed by atoms with Crippen LogP contribution in [0.5, 0.6) is 0 Å². The summed E-state index contributed by atoms with van der Waals surface area (Å²) in [6, 6.07) is 4.72. The summed E-state index contributed by atoms with van der Waals surface area (Å²) in [6.45, 7) is 2.28. The first kappa shape index (κ1) is 16.9. The fourth-order valence-electron chi connectivity index (χ4n) is 3.20. The summed E-state index contributed by atoms with van der Waals surface area (Å²) in [7, 11) is 1.50. The molecule has 0 unspecified atom stereocenters. The van der Waals surface area contributed by atoms with E-state index in [-0.39, 0.29) is 30.9 Å². The van der Waals surface area contributed by atoms with E-state index in [1.807, 2.05) is 0 Å². The van der Waals surface area contributed by atoms with Crippen LogP contribution in [-0.2, 0) is 9.59 Å². The van der Waals surface area contributed by atoms with E-state index in [0.717, 1.165) is 0 Å². The second kappa shape index (κ2) is 6.54. The van der Waals surface area contributed by atoms with Crippen LogP contribution in [0.25, 0.3) is 0 Å². The van der Waals surface area contributed by atoms with E-state index in [2.05, 4.69) is 10.6 Å². The molecule has 3 rings (SSSR count). The summed E-state index contributed by atoms with van der Waals surface area (Å²) in [5.41, 5.74) is 1.44. The molecule has 25 heavy (non-hydrogen) atoms. The molecule has 132 valence electrons. The van der Waals surface area contributed by atoms with E-state index in [1.165, 1.54) is 35.0 Å². The van der Waals surface area contributed by atoms with Crippen LogP contribution in [0.3, 0.4) is 0 Å². The number of likely N-dealkylation sites (N-methyl/N-ethyl adjacent to an activating group) is 2. The number of urea groups is 1. The summed E-state index contributed by atoms with van der Waals surface area (Å²) in [4.78, 5) is 39.8. The molecule has 1 aromatic carbocycles.